The molecule has 0 bridgehead atoms. The van der Waals surface area contributed by atoms with E-state index in [0.29, 0.717) is 12.1 Å². The molecule has 2 aromatic rings. The fourth-order valence-electron chi connectivity index (χ4n) is 3.29. The van der Waals surface area contributed by atoms with Crippen LogP contribution in [0.4, 0.5) is 0 Å². The van der Waals surface area contributed by atoms with E-state index in [1.807, 2.05) is 17.5 Å². The van der Waals surface area contributed by atoms with Gasteiger partial charge >= 0.3 is 0 Å². The number of ether oxygens (including phenoxy) is 1. The average Bonchev–Trinajstić information content (AvgIpc) is 3.18. The zero-order chi connectivity index (χ0) is 22.4. The number of nitrogens with one attached hydrogen (secondary N) is 1. The molecule has 0 aliphatic carbocycles. The summed E-state index contributed by atoms with van der Waals surface area (Å²) >= 11 is 1.61. The maximum absolute atomic E-state index is 12.5. The third-order valence-electron chi connectivity index (χ3n) is 5.30. The number of thiazole rings is 1. The van der Waals surface area contributed by atoms with Crippen molar-refractivity contribution in [3.05, 3.63) is 51.5 Å². The van der Waals surface area contributed by atoms with Crippen molar-refractivity contribution in [3.63, 3.8) is 0 Å². The molecule has 0 unspecified atom stereocenters. The van der Waals surface area contributed by atoms with Gasteiger partial charge in [-0.05, 0) is 23.1 Å². The largest absolute Gasteiger partial charge is 0.379 e. The first-order valence-electron chi connectivity index (χ1n) is 10.6. The molecule has 1 aliphatic rings. The standard InChI is InChI=1S/C23H32N4O3S/c1-23(2,3)18-7-5-17(6-8-18)22(29)24-13-21(28)26(4)14-19-16-31-20(25-19)15-27-9-11-30-12-10-27/h5-8,16H,9-15H2,1-4H3,(H,24,29). The number of amides is 2. The molecule has 1 saturated heterocycles. The van der Waals surface area contributed by atoms with E-state index in [4.69, 9.17) is 4.74 Å². The number of likely N-dealkylation sites (N-methyl/N-ethyl adjacent to an activating group) is 1. The molecule has 1 aliphatic heterocycles. The van der Waals surface area contributed by atoms with Crippen molar-refractivity contribution in [1.29, 1.82) is 0 Å². The SMILES string of the molecule is CN(Cc1csc(CN2CCOCC2)n1)C(=O)CNC(=O)c1ccc(C(C)(C)C)cc1. The second-order valence-electron chi connectivity index (χ2n) is 8.88. The van der Waals surface area contributed by atoms with Crippen LogP contribution in [-0.4, -0.2) is 66.5 Å². The van der Waals surface area contributed by atoms with Gasteiger partial charge < -0.3 is 15.0 Å². The summed E-state index contributed by atoms with van der Waals surface area (Å²) in [6, 6.07) is 7.52. The molecule has 7 nitrogen and oxygen atoms in total. The van der Waals surface area contributed by atoms with Crippen LogP contribution in [0.2, 0.25) is 0 Å². The highest BCUT2D eigenvalue weighted by atomic mass is 32.1. The molecule has 1 aromatic heterocycles. The van der Waals surface area contributed by atoms with Crippen LogP contribution in [-0.2, 0) is 28.0 Å². The normalized spacial score (nSPS) is 15.0. The lowest BCUT2D eigenvalue weighted by atomic mass is 9.87. The van der Waals surface area contributed by atoms with Crippen LogP contribution in [0, 0.1) is 0 Å². The topological polar surface area (TPSA) is 74.8 Å². The van der Waals surface area contributed by atoms with Crippen molar-refractivity contribution in [1.82, 2.24) is 20.1 Å². The number of hydrogen-bond acceptors (Lipinski definition) is 6. The van der Waals surface area contributed by atoms with Crippen molar-refractivity contribution in [2.45, 2.75) is 39.3 Å². The fourth-order valence-corrected chi connectivity index (χ4v) is 4.12. The van der Waals surface area contributed by atoms with Crippen molar-refractivity contribution >= 4 is 23.2 Å². The molecule has 2 amide bonds. The minimum Gasteiger partial charge on any atom is -0.379 e. The second-order valence-corrected chi connectivity index (χ2v) is 9.82. The molecule has 2 heterocycles. The van der Waals surface area contributed by atoms with Gasteiger partial charge in [-0.3, -0.25) is 14.5 Å². The van der Waals surface area contributed by atoms with E-state index in [1.54, 1.807) is 35.4 Å². The Bertz CT molecular complexity index is 883. The molecule has 1 aromatic carbocycles. The number of carbonyl (C=O) groups excluding carboxylic acids is 2. The Morgan fingerprint density at radius 1 is 1.19 bits per heavy atom. The van der Waals surface area contributed by atoms with Gasteiger partial charge in [-0.25, -0.2) is 4.98 Å². The Balaban J connectivity index is 1.45. The Morgan fingerprint density at radius 2 is 1.87 bits per heavy atom. The van der Waals surface area contributed by atoms with Gasteiger partial charge in [-0.1, -0.05) is 32.9 Å². The predicted octanol–water partition coefficient (Wildman–Crippen LogP) is 2.66. The highest BCUT2D eigenvalue weighted by Gasteiger charge is 2.17. The average molecular weight is 445 g/mol. The lowest BCUT2D eigenvalue weighted by Gasteiger charge is -2.25. The van der Waals surface area contributed by atoms with Gasteiger partial charge in [0.25, 0.3) is 5.91 Å². The highest BCUT2D eigenvalue weighted by Crippen LogP contribution is 2.22. The quantitative estimate of drug-likeness (QED) is 0.711. The van der Waals surface area contributed by atoms with Gasteiger partial charge in [0.1, 0.15) is 5.01 Å². The van der Waals surface area contributed by atoms with Gasteiger partial charge in [-0.2, -0.15) is 0 Å². The van der Waals surface area contributed by atoms with Gasteiger partial charge in [-0.15, -0.1) is 11.3 Å². The number of aromatic nitrogens is 1. The summed E-state index contributed by atoms with van der Waals surface area (Å²) in [5, 5.41) is 5.76. The first-order chi connectivity index (χ1) is 14.7. The minimum atomic E-state index is -0.247. The van der Waals surface area contributed by atoms with Crippen molar-refractivity contribution in [2.24, 2.45) is 0 Å². The smallest absolute Gasteiger partial charge is 0.251 e. The van der Waals surface area contributed by atoms with Crippen molar-refractivity contribution < 1.29 is 14.3 Å². The van der Waals surface area contributed by atoms with Crippen molar-refractivity contribution in [2.75, 3.05) is 39.9 Å². The molecule has 31 heavy (non-hydrogen) atoms. The van der Waals surface area contributed by atoms with E-state index in [-0.39, 0.29) is 23.8 Å². The predicted molar refractivity (Wildman–Crippen MR) is 122 cm³/mol. The molecule has 1 fully saturated rings. The summed E-state index contributed by atoms with van der Waals surface area (Å²) in [5.74, 6) is -0.397. The number of carbonyl (C=O) groups is 2. The second kappa shape index (κ2) is 10.3. The zero-order valence-corrected chi connectivity index (χ0v) is 19.6. The maximum atomic E-state index is 12.5. The van der Waals surface area contributed by atoms with E-state index in [1.165, 1.54) is 0 Å². The van der Waals surface area contributed by atoms with Gasteiger partial charge in [0, 0.05) is 31.1 Å². The minimum absolute atomic E-state index is 0.0332. The van der Waals surface area contributed by atoms with E-state index >= 15 is 0 Å². The van der Waals surface area contributed by atoms with Crippen molar-refractivity contribution in [3.8, 4) is 0 Å². The molecule has 0 spiro atoms. The Labute approximate surface area is 188 Å². The van der Waals surface area contributed by atoms with Gasteiger partial charge in [0.05, 0.1) is 38.5 Å². The van der Waals surface area contributed by atoms with Gasteiger partial charge in [0.15, 0.2) is 0 Å². The van der Waals surface area contributed by atoms with Crippen LogP contribution in [0.5, 0.6) is 0 Å². The van der Waals surface area contributed by atoms with Crippen LogP contribution >= 0.6 is 11.3 Å². The molecule has 1 N–H and O–H groups in total. The molecule has 8 heteroatoms. The van der Waals surface area contributed by atoms with E-state index in [9.17, 15) is 9.59 Å². The molecule has 0 saturated carbocycles. The monoisotopic (exact) mass is 444 g/mol. The van der Waals surface area contributed by atoms with Crippen LogP contribution in [0.15, 0.2) is 29.6 Å². The number of rotatable bonds is 7. The molecule has 3 rings (SSSR count). The summed E-state index contributed by atoms with van der Waals surface area (Å²) in [4.78, 5) is 33.4. The van der Waals surface area contributed by atoms with Crippen LogP contribution in [0.1, 0.15) is 47.4 Å². The molecule has 0 atom stereocenters. The highest BCUT2D eigenvalue weighted by molar-refractivity contribution is 7.09. The number of nitrogens with zero attached hydrogens (tertiary/aromatic N) is 3. The third kappa shape index (κ3) is 6.85. The lowest BCUT2D eigenvalue weighted by molar-refractivity contribution is -0.129. The van der Waals surface area contributed by atoms with E-state index in [2.05, 4.69) is 36.0 Å². The zero-order valence-electron chi connectivity index (χ0n) is 18.8. The molecular weight excluding hydrogens is 412 g/mol. The summed E-state index contributed by atoms with van der Waals surface area (Å²) in [6.07, 6.45) is 0. The van der Waals surface area contributed by atoms with Gasteiger partial charge in [0.2, 0.25) is 5.91 Å². The van der Waals surface area contributed by atoms with Crippen LogP contribution in [0.25, 0.3) is 0 Å². The summed E-state index contributed by atoms with van der Waals surface area (Å²) in [5.41, 5.74) is 2.62. The number of morpholine rings is 1. The van der Waals surface area contributed by atoms with E-state index < -0.39 is 0 Å². The Hall–Kier alpha value is -2.29. The number of benzene rings is 1. The molecule has 0 radical (unpaired) electrons. The molecular formula is C23H32N4O3S. The first kappa shape index (κ1) is 23.4. The summed E-state index contributed by atoms with van der Waals surface area (Å²) < 4.78 is 5.38. The fraction of sp³-hybridized carbons (Fsp3) is 0.522. The lowest BCUT2D eigenvalue weighted by Crippen LogP contribution is -2.38. The maximum Gasteiger partial charge on any atom is 0.251 e. The summed E-state index contributed by atoms with van der Waals surface area (Å²) in [6.45, 7) is 11.0. The summed E-state index contributed by atoms with van der Waals surface area (Å²) in [7, 11) is 1.73. The number of hydrogen-bond donors (Lipinski definition) is 1. The first-order valence-corrected chi connectivity index (χ1v) is 11.5. The Kier molecular flexibility index (Phi) is 7.80. The van der Waals surface area contributed by atoms with Crippen LogP contribution < -0.4 is 5.32 Å². The third-order valence-corrected chi connectivity index (χ3v) is 6.18. The van der Waals surface area contributed by atoms with Crippen LogP contribution in [0.3, 0.4) is 0 Å². The molecule has 168 valence electrons. The van der Waals surface area contributed by atoms with E-state index in [0.717, 1.165) is 49.1 Å². The Morgan fingerprint density at radius 3 is 2.52 bits per heavy atom.